The molecule has 110 valence electrons. The number of carbonyl (C=O) groups excluding carboxylic acids is 1. The molecule has 0 aliphatic heterocycles. The topological polar surface area (TPSA) is 78.9 Å². The molecular formula is C14H20FN3O2. The lowest BCUT2D eigenvalue weighted by molar-refractivity contribution is -0.124. The van der Waals surface area contributed by atoms with E-state index in [1.807, 2.05) is 0 Å². The summed E-state index contributed by atoms with van der Waals surface area (Å²) in [6, 6.07) is 5.77. The zero-order chi connectivity index (χ0) is 15.3. The van der Waals surface area contributed by atoms with E-state index in [9.17, 15) is 9.18 Å². The maximum atomic E-state index is 13.3. The van der Waals surface area contributed by atoms with Crippen LogP contribution < -0.4 is 10.6 Å². The van der Waals surface area contributed by atoms with Crippen molar-refractivity contribution in [3.05, 3.63) is 30.1 Å². The molecule has 0 spiro atoms. The summed E-state index contributed by atoms with van der Waals surface area (Å²) in [6.07, 6.45) is 0.369. The highest BCUT2D eigenvalue weighted by Gasteiger charge is 2.39. The van der Waals surface area contributed by atoms with Gasteiger partial charge < -0.3 is 15.8 Å². The van der Waals surface area contributed by atoms with Gasteiger partial charge in [0, 0.05) is 12.2 Å². The zero-order valence-electron chi connectivity index (χ0n) is 11.9. The molecule has 0 aliphatic rings. The highest BCUT2D eigenvalue weighted by atomic mass is 19.1. The molecule has 6 heteroatoms. The van der Waals surface area contributed by atoms with Crippen molar-refractivity contribution >= 4 is 17.4 Å². The van der Waals surface area contributed by atoms with E-state index in [1.54, 1.807) is 26.8 Å². The van der Waals surface area contributed by atoms with E-state index < -0.39 is 11.2 Å². The van der Waals surface area contributed by atoms with Gasteiger partial charge in [0.25, 0.3) is 0 Å². The van der Waals surface area contributed by atoms with E-state index in [1.165, 1.54) is 23.1 Å². The second kappa shape index (κ2) is 6.36. The Balaban J connectivity index is 3.21. The van der Waals surface area contributed by atoms with E-state index >= 15 is 0 Å². The summed E-state index contributed by atoms with van der Waals surface area (Å²) in [6.45, 7) is 5.52. The Bertz CT molecular complexity index is 519. The quantitative estimate of drug-likeness (QED) is 0.376. The van der Waals surface area contributed by atoms with Gasteiger partial charge in [-0.05, 0) is 38.5 Å². The molecule has 1 rings (SSSR count). The fourth-order valence-electron chi connectivity index (χ4n) is 1.94. The number of hydrogen-bond acceptors (Lipinski definition) is 3. The van der Waals surface area contributed by atoms with Crippen molar-refractivity contribution in [1.82, 2.24) is 0 Å². The molecule has 0 fully saturated rings. The number of anilines is 1. The Kier molecular flexibility index (Phi) is 5.07. The smallest absolute Gasteiger partial charge is 0.240 e. The number of carbonyl (C=O) groups is 1. The Morgan fingerprint density at radius 2 is 2.15 bits per heavy atom. The van der Waals surface area contributed by atoms with E-state index in [0.29, 0.717) is 18.7 Å². The van der Waals surface area contributed by atoms with Gasteiger partial charge in [-0.1, -0.05) is 18.1 Å². The summed E-state index contributed by atoms with van der Waals surface area (Å²) < 4.78 is 13.3. The number of halogens is 1. The molecule has 1 unspecified atom stereocenters. The lowest BCUT2D eigenvalue weighted by atomic mass is 9.84. The Morgan fingerprint density at radius 3 is 2.60 bits per heavy atom. The summed E-state index contributed by atoms with van der Waals surface area (Å²) in [7, 11) is 0. The van der Waals surface area contributed by atoms with Gasteiger partial charge in [-0.2, -0.15) is 0 Å². The second-order valence-electron chi connectivity index (χ2n) is 4.70. The Morgan fingerprint density at radius 1 is 1.50 bits per heavy atom. The largest absolute Gasteiger partial charge is 0.409 e. The molecule has 1 aromatic carbocycles. The normalized spacial score (nSPS) is 14.7. The van der Waals surface area contributed by atoms with Crippen molar-refractivity contribution in [3.8, 4) is 0 Å². The van der Waals surface area contributed by atoms with Gasteiger partial charge in [0.2, 0.25) is 5.91 Å². The number of rotatable bonds is 5. The van der Waals surface area contributed by atoms with E-state index in [0.717, 1.165) is 0 Å². The molecule has 1 aromatic rings. The maximum Gasteiger partial charge on any atom is 0.240 e. The minimum Gasteiger partial charge on any atom is -0.409 e. The van der Waals surface area contributed by atoms with Crippen molar-refractivity contribution in [3.63, 3.8) is 0 Å². The van der Waals surface area contributed by atoms with Gasteiger partial charge in [-0.15, -0.1) is 0 Å². The molecule has 0 saturated carbocycles. The van der Waals surface area contributed by atoms with Crippen molar-refractivity contribution < 1.29 is 14.4 Å². The predicted octanol–water partition coefficient (Wildman–Crippen LogP) is 2.34. The van der Waals surface area contributed by atoms with Crippen LogP contribution in [0, 0.1) is 11.2 Å². The number of nitrogens with zero attached hydrogens (tertiary/aromatic N) is 2. The molecule has 0 aliphatic carbocycles. The molecule has 0 saturated heterocycles. The summed E-state index contributed by atoms with van der Waals surface area (Å²) in [5, 5.41) is 11.8. The van der Waals surface area contributed by atoms with Crippen LogP contribution in [-0.4, -0.2) is 23.5 Å². The third kappa shape index (κ3) is 2.89. The maximum absolute atomic E-state index is 13.3. The molecule has 1 amide bonds. The fraction of sp³-hybridized carbons (Fsp3) is 0.429. The zero-order valence-corrected chi connectivity index (χ0v) is 11.9. The standard InChI is InChI=1S/C14H20FN3O2/c1-4-14(3,12(16)17-20)13(19)18(5-2)11-8-6-7-10(15)9-11/h6-9,20H,4-5H2,1-3H3,(H2,16,17). The number of amides is 1. The first-order chi connectivity index (χ1) is 9.40. The summed E-state index contributed by atoms with van der Waals surface area (Å²) in [5.74, 6) is -0.904. The minimum absolute atomic E-state index is 0.153. The Labute approximate surface area is 117 Å². The molecule has 0 heterocycles. The minimum atomic E-state index is -1.13. The van der Waals surface area contributed by atoms with Crippen LogP contribution in [0.15, 0.2) is 29.4 Å². The number of amidine groups is 1. The molecule has 0 aromatic heterocycles. The van der Waals surface area contributed by atoms with Crippen LogP contribution >= 0.6 is 0 Å². The van der Waals surface area contributed by atoms with Crippen LogP contribution in [0.4, 0.5) is 10.1 Å². The van der Waals surface area contributed by atoms with Crippen molar-refractivity contribution in [1.29, 1.82) is 0 Å². The molecular weight excluding hydrogens is 261 g/mol. The van der Waals surface area contributed by atoms with Gasteiger partial charge >= 0.3 is 0 Å². The molecule has 20 heavy (non-hydrogen) atoms. The SMILES string of the molecule is CCN(C(=O)C(C)(CC)/C(N)=N/O)c1cccc(F)c1. The third-order valence-electron chi connectivity index (χ3n) is 3.53. The molecule has 0 bridgehead atoms. The first-order valence-corrected chi connectivity index (χ1v) is 6.46. The highest BCUT2D eigenvalue weighted by Crippen LogP contribution is 2.28. The van der Waals surface area contributed by atoms with Crippen LogP contribution in [-0.2, 0) is 4.79 Å². The lowest BCUT2D eigenvalue weighted by Gasteiger charge is -2.32. The third-order valence-corrected chi connectivity index (χ3v) is 3.53. The van der Waals surface area contributed by atoms with E-state index in [4.69, 9.17) is 10.9 Å². The van der Waals surface area contributed by atoms with Crippen molar-refractivity contribution in [2.75, 3.05) is 11.4 Å². The van der Waals surface area contributed by atoms with Crippen LogP contribution in [0.25, 0.3) is 0 Å². The van der Waals surface area contributed by atoms with E-state index in [2.05, 4.69) is 5.16 Å². The van der Waals surface area contributed by atoms with Gasteiger partial charge in [-0.3, -0.25) is 4.79 Å². The Hall–Kier alpha value is -2.11. The number of oxime groups is 1. The predicted molar refractivity (Wildman–Crippen MR) is 76.2 cm³/mol. The first kappa shape index (κ1) is 15.9. The number of benzene rings is 1. The lowest BCUT2D eigenvalue weighted by Crippen LogP contribution is -2.49. The van der Waals surface area contributed by atoms with E-state index in [-0.39, 0.29) is 11.7 Å². The van der Waals surface area contributed by atoms with Gasteiger partial charge in [0.1, 0.15) is 11.2 Å². The summed E-state index contributed by atoms with van der Waals surface area (Å²) >= 11 is 0. The summed E-state index contributed by atoms with van der Waals surface area (Å²) in [4.78, 5) is 14.1. The average molecular weight is 281 g/mol. The average Bonchev–Trinajstić information content (AvgIpc) is 2.46. The number of hydrogen-bond donors (Lipinski definition) is 2. The summed E-state index contributed by atoms with van der Waals surface area (Å²) in [5.41, 5.74) is 4.96. The van der Waals surface area contributed by atoms with Crippen LogP contribution in [0.1, 0.15) is 27.2 Å². The van der Waals surface area contributed by atoms with Crippen LogP contribution in [0.3, 0.4) is 0 Å². The van der Waals surface area contributed by atoms with Gasteiger partial charge in [-0.25, -0.2) is 4.39 Å². The highest BCUT2D eigenvalue weighted by molar-refractivity contribution is 6.12. The molecule has 1 atom stereocenters. The van der Waals surface area contributed by atoms with Crippen LogP contribution in [0.5, 0.6) is 0 Å². The first-order valence-electron chi connectivity index (χ1n) is 6.46. The van der Waals surface area contributed by atoms with Gasteiger partial charge in [0.15, 0.2) is 5.84 Å². The second-order valence-corrected chi connectivity index (χ2v) is 4.70. The molecule has 3 N–H and O–H groups in total. The van der Waals surface area contributed by atoms with Crippen molar-refractivity contribution in [2.45, 2.75) is 27.2 Å². The molecule has 5 nitrogen and oxygen atoms in total. The van der Waals surface area contributed by atoms with Gasteiger partial charge in [0.05, 0.1) is 0 Å². The fourth-order valence-corrected chi connectivity index (χ4v) is 1.94. The molecule has 0 radical (unpaired) electrons. The van der Waals surface area contributed by atoms with Crippen molar-refractivity contribution in [2.24, 2.45) is 16.3 Å². The number of nitrogens with two attached hydrogens (primary N) is 1. The monoisotopic (exact) mass is 281 g/mol. The van der Waals surface area contributed by atoms with Crippen LogP contribution in [0.2, 0.25) is 0 Å².